The summed E-state index contributed by atoms with van der Waals surface area (Å²) in [4.78, 5) is 0. The Morgan fingerprint density at radius 3 is 2.29 bits per heavy atom. The third kappa shape index (κ3) is 2.93. The first-order valence-electron chi connectivity index (χ1n) is 7.80. The molecule has 0 aromatic heterocycles. The Morgan fingerprint density at radius 2 is 1.67 bits per heavy atom. The van der Waals surface area contributed by atoms with Gasteiger partial charge in [-0.1, -0.05) is 18.2 Å². The van der Waals surface area contributed by atoms with Crippen LogP contribution in [0.15, 0.2) is 24.3 Å². The second-order valence-electron chi connectivity index (χ2n) is 6.30. The number of hydrogen-bond acceptors (Lipinski definition) is 4. The number of benzene rings is 1. The standard InChI is InChI=1S/C17H24O4/c1-13(2)21-15-6-4-3-5-14(15)16(18)7-9-17(10-8-16)19-11-12-20-17/h3-6,13,18H,7-12H2,1-2H3. The van der Waals surface area contributed by atoms with E-state index in [2.05, 4.69) is 0 Å². The quantitative estimate of drug-likeness (QED) is 0.930. The highest BCUT2D eigenvalue weighted by Gasteiger charge is 2.47. The number of aliphatic hydroxyl groups is 1. The van der Waals surface area contributed by atoms with Gasteiger partial charge in [0, 0.05) is 18.4 Å². The molecule has 2 fully saturated rings. The molecule has 1 saturated carbocycles. The Balaban J connectivity index is 1.80. The van der Waals surface area contributed by atoms with Crippen molar-refractivity contribution in [1.29, 1.82) is 0 Å². The normalized spacial score (nSPS) is 23.6. The Morgan fingerprint density at radius 1 is 1.05 bits per heavy atom. The third-order valence-corrected chi connectivity index (χ3v) is 4.40. The minimum atomic E-state index is -0.855. The minimum Gasteiger partial charge on any atom is -0.491 e. The summed E-state index contributed by atoms with van der Waals surface area (Å²) in [6.07, 6.45) is 2.79. The molecule has 1 aromatic carbocycles. The molecule has 2 aliphatic rings. The summed E-state index contributed by atoms with van der Waals surface area (Å²) in [5, 5.41) is 11.1. The monoisotopic (exact) mass is 292 g/mol. The maximum absolute atomic E-state index is 11.1. The molecule has 0 bridgehead atoms. The van der Waals surface area contributed by atoms with Gasteiger partial charge in [-0.15, -0.1) is 0 Å². The minimum absolute atomic E-state index is 0.0891. The molecule has 3 rings (SSSR count). The van der Waals surface area contributed by atoms with Gasteiger partial charge in [-0.25, -0.2) is 0 Å². The summed E-state index contributed by atoms with van der Waals surface area (Å²) in [6.45, 7) is 5.31. The van der Waals surface area contributed by atoms with Crippen molar-refractivity contribution < 1.29 is 19.3 Å². The van der Waals surface area contributed by atoms with E-state index in [1.165, 1.54) is 0 Å². The molecule has 1 heterocycles. The fourth-order valence-corrected chi connectivity index (χ4v) is 3.31. The molecule has 116 valence electrons. The van der Waals surface area contributed by atoms with Crippen molar-refractivity contribution in [3.63, 3.8) is 0 Å². The van der Waals surface area contributed by atoms with Crippen LogP contribution in [0.2, 0.25) is 0 Å². The van der Waals surface area contributed by atoms with Gasteiger partial charge in [0.15, 0.2) is 5.79 Å². The van der Waals surface area contributed by atoms with Crippen molar-refractivity contribution in [3.8, 4) is 5.75 Å². The van der Waals surface area contributed by atoms with Crippen LogP contribution in [0.1, 0.15) is 45.1 Å². The van der Waals surface area contributed by atoms with E-state index in [0.717, 1.165) is 24.2 Å². The summed E-state index contributed by atoms with van der Waals surface area (Å²) in [6, 6.07) is 7.79. The van der Waals surface area contributed by atoms with E-state index >= 15 is 0 Å². The van der Waals surface area contributed by atoms with Gasteiger partial charge in [0.1, 0.15) is 5.75 Å². The maximum atomic E-state index is 11.1. The largest absolute Gasteiger partial charge is 0.491 e. The van der Waals surface area contributed by atoms with Gasteiger partial charge in [-0.2, -0.15) is 0 Å². The first-order chi connectivity index (χ1) is 10.0. The lowest BCUT2D eigenvalue weighted by atomic mass is 9.76. The molecule has 0 unspecified atom stereocenters. The van der Waals surface area contributed by atoms with E-state index in [-0.39, 0.29) is 6.10 Å². The van der Waals surface area contributed by atoms with Crippen molar-refractivity contribution >= 4 is 0 Å². The highest BCUT2D eigenvalue weighted by atomic mass is 16.7. The second-order valence-corrected chi connectivity index (χ2v) is 6.30. The molecule has 1 spiro atoms. The average Bonchev–Trinajstić information content (AvgIpc) is 2.91. The smallest absolute Gasteiger partial charge is 0.168 e. The fourth-order valence-electron chi connectivity index (χ4n) is 3.31. The topological polar surface area (TPSA) is 47.9 Å². The van der Waals surface area contributed by atoms with Crippen LogP contribution >= 0.6 is 0 Å². The van der Waals surface area contributed by atoms with E-state index in [1.807, 2.05) is 38.1 Å². The Kier molecular flexibility index (Phi) is 3.95. The lowest BCUT2D eigenvalue weighted by Gasteiger charge is -2.41. The molecule has 0 amide bonds. The van der Waals surface area contributed by atoms with Gasteiger partial charge in [-0.05, 0) is 32.8 Å². The van der Waals surface area contributed by atoms with Gasteiger partial charge >= 0.3 is 0 Å². The van der Waals surface area contributed by atoms with Crippen molar-refractivity contribution in [2.45, 2.75) is 57.0 Å². The molecule has 1 aliphatic heterocycles. The lowest BCUT2D eigenvalue weighted by Crippen LogP contribution is -2.42. The molecule has 4 heteroatoms. The highest BCUT2D eigenvalue weighted by Crippen LogP contribution is 2.47. The van der Waals surface area contributed by atoms with E-state index in [1.54, 1.807) is 0 Å². The van der Waals surface area contributed by atoms with Crippen LogP contribution in [0.3, 0.4) is 0 Å². The van der Waals surface area contributed by atoms with Gasteiger partial charge in [-0.3, -0.25) is 0 Å². The summed E-state index contributed by atoms with van der Waals surface area (Å²) in [7, 11) is 0. The molecule has 1 N–H and O–H groups in total. The SMILES string of the molecule is CC(C)Oc1ccccc1C1(O)CCC2(CC1)OCCO2. The zero-order valence-corrected chi connectivity index (χ0v) is 12.8. The number of ether oxygens (including phenoxy) is 3. The molecule has 21 heavy (non-hydrogen) atoms. The van der Waals surface area contributed by atoms with Crippen LogP contribution in [-0.2, 0) is 15.1 Å². The van der Waals surface area contributed by atoms with Crippen LogP contribution in [0.5, 0.6) is 5.75 Å². The predicted molar refractivity (Wildman–Crippen MR) is 79.2 cm³/mol. The number of para-hydroxylation sites is 1. The van der Waals surface area contributed by atoms with Crippen molar-refractivity contribution in [2.75, 3.05) is 13.2 Å². The third-order valence-electron chi connectivity index (χ3n) is 4.40. The first-order valence-corrected chi connectivity index (χ1v) is 7.80. The Labute approximate surface area is 126 Å². The van der Waals surface area contributed by atoms with Gasteiger partial charge in [0.25, 0.3) is 0 Å². The van der Waals surface area contributed by atoms with Crippen LogP contribution < -0.4 is 4.74 Å². The van der Waals surface area contributed by atoms with Crippen molar-refractivity contribution in [1.82, 2.24) is 0 Å². The second kappa shape index (κ2) is 5.59. The van der Waals surface area contributed by atoms with Crippen LogP contribution in [0, 0.1) is 0 Å². The molecule has 4 nitrogen and oxygen atoms in total. The van der Waals surface area contributed by atoms with Crippen LogP contribution in [0.25, 0.3) is 0 Å². The molecular weight excluding hydrogens is 268 g/mol. The molecule has 0 radical (unpaired) electrons. The van der Waals surface area contributed by atoms with Gasteiger partial charge in [0.2, 0.25) is 0 Å². The van der Waals surface area contributed by atoms with Gasteiger partial charge < -0.3 is 19.3 Å². The van der Waals surface area contributed by atoms with Gasteiger partial charge in [0.05, 0.1) is 24.9 Å². The maximum Gasteiger partial charge on any atom is 0.168 e. The van der Waals surface area contributed by atoms with E-state index in [4.69, 9.17) is 14.2 Å². The predicted octanol–water partition coefficient (Wildman–Crippen LogP) is 2.98. The Bertz CT molecular complexity index is 481. The average molecular weight is 292 g/mol. The summed E-state index contributed by atoms with van der Waals surface area (Å²) < 4.78 is 17.3. The molecule has 0 atom stereocenters. The lowest BCUT2D eigenvalue weighted by molar-refractivity contribution is -0.204. The van der Waals surface area contributed by atoms with Crippen LogP contribution in [0.4, 0.5) is 0 Å². The van der Waals surface area contributed by atoms with Crippen LogP contribution in [-0.4, -0.2) is 30.2 Å². The van der Waals surface area contributed by atoms with E-state index in [0.29, 0.717) is 26.1 Å². The van der Waals surface area contributed by atoms with E-state index in [9.17, 15) is 5.11 Å². The van der Waals surface area contributed by atoms with Crippen molar-refractivity contribution in [3.05, 3.63) is 29.8 Å². The zero-order chi connectivity index (χ0) is 14.9. The Hall–Kier alpha value is -1.10. The molecule has 1 aromatic rings. The van der Waals surface area contributed by atoms with E-state index < -0.39 is 11.4 Å². The number of rotatable bonds is 3. The molecule has 1 aliphatic carbocycles. The fraction of sp³-hybridized carbons (Fsp3) is 0.647. The number of hydrogen-bond donors (Lipinski definition) is 1. The zero-order valence-electron chi connectivity index (χ0n) is 12.8. The molecule has 1 saturated heterocycles. The highest BCUT2D eigenvalue weighted by molar-refractivity contribution is 5.38. The first kappa shape index (κ1) is 14.8. The summed E-state index contributed by atoms with van der Waals surface area (Å²) in [5.74, 6) is 0.319. The molecular formula is C17H24O4. The summed E-state index contributed by atoms with van der Waals surface area (Å²) >= 11 is 0. The summed E-state index contributed by atoms with van der Waals surface area (Å²) in [5.41, 5.74) is 0.0259. The van der Waals surface area contributed by atoms with Crippen molar-refractivity contribution in [2.24, 2.45) is 0 Å².